The van der Waals surface area contributed by atoms with Crippen molar-refractivity contribution in [1.29, 1.82) is 0 Å². The molecule has 2 aromatic rings. The number of nitrogens with two attached hydrogens (primary N) is 1. The first-order valence-electron chi connectivity index (χ1n) is 5.71. The summed E-state index contributed by atoms with van der Waals surface area (Å²) in [4.78, 5) is 8.47. The van der Waals surface area contributed by atoms with Crippen molar-refractivity contribution in [2.45, 2.75) is 26.8 Å². The lowest BCUT2D eigenvalue weighted by Crippen LogP contribution is -2.16. The van der Waals surface area contributed by atoms with Crippen molar-refractivity contribution >= 4 is 0 Å². The molecule has 0 saturated carbocycles. The first-order chi connectivity index (χ1) is 8.09. The number of rotatable bonds is 2. The molecular weight excluding hydrogens is 210 g/mol. The molecule has 3 nitrogen and oxygen atoms in total. The maximum Gasteiger partial charge on any atom is 0.125 e. The van der Waals surface area contributed by atoms with Crippen LogP contribution in [-0.2, 0) is 0 Å². The molecular formula is C14H17N3. The highest BCUT2D eigenvalue weighted by atomic mass is 14.9. The van der Waals surface area contributed by atoms with Crippen LogP contribution in [0.2, 0.25) is 0 Å². The molecule has 3 heteroatoms. The van der Waals surface area contributed by atoms with Gasteiger partial charge >= 0.3 is 0 Å². The van der Waals surface area contributed by atoms with Crippen molar-refractivity contribution in [3.05, 3.63) is 58.7 Å². The normalized spacial score (nSPS) is 12.5. The Balaban J connectivity index is 2.44. The Bertz CT molecular complexity index is 535. The van der Waals surface area contributed by atoms with E-state index in [1.807, 2.05) is 19.1 Å². The van der Waals surface area contributed by atoms with Crippen LogP contribution in [0.3, 0.4) is 0 Å². The monoisotopic (exact) mass is 227 g/mol. The molecule has 0 saturated heterocycles. The Morgan fingerprint density at radius 3 is 2.59 bits per heavy atom. The van der Waals surface area contributed by atoms with Gasteiger partial charge in [0.1, 0.15) is 5.82 Å². The molecule has 0 aliphatic heterocycles. The Labute approximate surface area is 102 Å². The Kier molecular flexibility index (Phi) is 3.20. The predicted molar refractivity (Wildman–Crippen MR) is 68.7 cm³/mol. The molecule has 88 valence electrons. The van der Waals surface area contributed by atoms with E-state index in [1.54, 1.807) is 6.20 Å². The summed E-state index contributed by atoms with van der Waals surface area (Å²) in [5.74, 6) is 0.753. The van der Waals surface area contributed by atoms with E-state index in [-0.39, 0.29) is 6.04 Å². The van der Waals surface area contributed by atoms with Crippen LogP contribution in [0.25, 0.3) is 0 Å². The standard InChI is InChI=1S/C14H17N3/c1-9-5-4-6-12(10(9)2)14(15)13-7-8-16-11(3)17-13/h4-8,14H,15H2,1-3H3. The van der Waals surface area contributed by atoms with Gasteiger partial charge in [0.05, 0.1) is 11.7 Å². The first-order valence-corrected chi connectivity index (χ1v) is 5.71. The number of benzene rings is 1. The van der Waals surface area contributed by atoms with Crippen LogP contribution in [0.1, 0.15) is 34.3 Å². The summed E-state index contributed by atoms with van der Waals surface area (Å²) < 4.78 is 0. The third-order valence-electron chi connectivity index (χ3n) is 3.10. The molecule has 0 amide bonds. The summed E-state index contributed by atoms with van der Waals surface area (Å²) >= 11 is 0. The van der Waals surface area contributed by atoms with E-state index in [0.717, 1.165) is 17.1 Å². The van der Waals surface area contributed by atoms with Gasteiger partial charge in [-0.25, -0.2) is 9.97 Å². The largest absolute Gasteiger partial charge is 0.319 e. The zero-order chi connectivity index (χ0) is 12.4. The van der Waals surface area contributed by atoms with Crippen LogP contribution < -0.4 is 5.73 Å². The van der Waals surface area contributed by atoms with Gasteiger partial charge in [-0.05, 0) is 43.5 Å². The van der Waals surface area contributed by atoms with Crippen molar-refractivity contribution < 1.29 is 0 Å². The molecule has 0 aliphatic carbocycles. The van der Waals surface area contributed by atoms with E-state index in [1.165, 1.54) is 11.1 Å². The first kappa shape index (κ1) is 11.7. The van der Waals surface area contributed by atoms with Gasteiger partial charge < -0.3 is 5.73 Å². The van der Waals surface area contributed by atoms with Crippen molar-refractivity contribution in [1.82, 2.24) is 9.97 Å². The molecule has 0 bridgehead atoms. The van der Waals surface area contributed by atoms with Gasteiger partial charge in [-0.1, -0.05) is 18.2 Å². The maximum atomic E-state index is 6.26. The minimum atomic E-state index is -0.184. The minimum absolute atomic E-state index is 0.184. The van der Waals surface area contributed by atoms with Gasteiger partial charge in [0.2, 0.25) is 0 Å². The van der Waals surface area contributed by atoms with Gasteiger partial charge in [-0.3, -0.25) is 0 Å². The molecule has 1 aromatic heterocycles. The molecule has 0 radical (unpaired) electrons. The summed E-state index contributed by atoms with van der Waals surface area (Å²) in [6.07, 6.45) is 1.75. The van der Waals surface area contributed by atoms with E-state index in [4.69, 9.17) is 5.73 Å². The fraction of sp³-hybridized carbons (Fsp3) is 0.286. The number of hydrogen-bond donors (Lipinski definition) is 1. The predicted octanol–water partition coefficient (Wildman–Crippen LogP) is 2.45. The van der Waals surface area contributed by atoms with Gasteiger partial charge in [-0.15, -0.1) is 0 Å². The van der Waals surface area contributed by atoms with E-state index < -0.39 is 0 Å². The van der Waals surface area contributed by atoms with Gasteiger partial charge in [-0.2, -0.15) is 0 Å². The lowest BCUT2D eigenvalue weighted by Gasteiger charge is -2.15. The van der Waals surface area contributed by atoms with Crippen LogP contribution in [0, 0.1) is 20.8 Å². The number of hydrogen-bond acceptors (Lipinski definition) is 3. The van der Waals surface area contributed by atoms with Gasteiger partial charge in [0.15, 0.2) is 0 Å². The molecule has 1 aromatic carbocycles. The Morgan fingerprint density at radius 1 is 1.12 bits per heavy atom. The highest BCUT2D eigenvalue weighted by Crippen LogP contribution is 2.23. The SMILES string of the molecule is Cc1nccc(C(N)c2cccc(C)c2C)n1. The van der Waals surface area contributed by atoms with E-state index in [9.17, 15) is 0 Å². The van der Waals surface area contributed by atoms with Crippen LogP contribution in [-0.4, -0.2) is 9.97 Å². The Morgan fingerprint density at radius 2 is 1.88 bits per heavy atom. The third kappa shape index (κ3) is 2.34. The number of aryl methyl sites for hydroxylation is 2. The lowest BCUT2D eigenvalue weighted by atomic mass is 9.96. The second-order valence-corrected chi connectivity index (χ2v) is 4.30. The molecule has 2 N–H and O–H groups in total. The average Bonchev–Trinajstić information content (AvgIpc) is 2.32. The van der Waals surface area contributed by atoms with Crippen molar-refractivity contribution in [3.63, 3.8) is 0 Å². The topological polar surface area (TPSA) is 51.8 Å². The zero-order valence-electron chi connectivity index (χ0n) is 10.4. The lowest BCUT2D eigenvalue weighted by molar-refractivity contribution is 0.799. The van der Waals surface area contributed by atoms with Crippen molar-refractivity contribution in [2.75, 3.05) is 0 Å². The summed E-state index contributed by atoms with van der Waals surface area (Å²) in [7, 11) is 0. The summed E-state index contributed by atoms with van der Waals surface area (Å²) in [6.45, 7) is 6.06. The molecule has 0 fully saturated rings. The fourth-order valence-electron chi connectivity index (χ4n) is 1.92. The average molecular weight is 227 g/mol. The van der Waals surface area contributed by atoms with Crippen LogP contribution >= 0.6 is 0 Å². The van der Waals surface area contributed by atoms with Crippen LogP contribution in [0.15, 0.2) is 30.5 Å². The van der Waals surface area contributed by atoms with Gasteiger partial charge in [0.25, 0.3) is 0 Å². The second-order valence-electron chi connectivity index (χ2n) is 4.30. The molecule has 1 atom stereocenters. The molecule has 1 heterocycles. The van der Waals surface area contributed by atoms with E-state index in [2.05, 4.69) is 35.9 Å². The highest BCUT2D eigenvalue weighted by Gasteiger charge is 2.13. The maximum absolute atomic E-state index is 6.26. The highest BCUT2D eigenvalue weighted by molar-refractivity contribution is 5.38. The quantitative estimate of drug-likeness (QED) is 0.857. The second kappa shape index (κ2) is 4.63. The molecule has 0 spiro atoms. The summed E-state index contributed by atoms with van der Waals surface area (Å²) in [6, 6.07) is 7.88. The molecule has 17 heavy (non-hydrogen) atoms. The van der Waals surface area contributed by atoms with Crippen molar-refractivity contribution in [3.8, 4) is 0 Å². The van der Waals surface area contributed by atoms with E-state index >= 15 is 0 Å². The Hall–Kier alpha value is -1.74. The minimum Gasteiger partial charge on any atom is -0.319 e. The van der Waals surface area contributed by atoms with Crippen molar-refractivity contribution in [2.24, 2.45) is 5.73 Å². The third-order valence-corrected chi connectivity index (χ3v) is 3.10. The molecule has 2 rings (SSSR count). The smallest absolute Gasteiger partial charge is 0.125 e. The van der Waals surface area contributed by atoms with E-state index in [0.29, 0.717) is 0 Å². The number of aromatic nitrogens is 2. The molecule has 0 aliphatic rings. The van der Waals surface area contributed by atoms with Crippen LogP contribution in [0.4, 0.5) is 0 Å². The molecule has 1 unspecified atom stereocenters. The fourth-order valence-corrected chi connectivity index (χ4v) is 1.92. The summed E-state index contributed by atoms with van der Waals surface area (Å²) in [5, 5.41) is 0. The van der Waals surface area contributed by atoms with Crippen LogP contribution in [0.5, 0.6) is 0 Å². The summed E-state index contributed by atoms with van der Waals surface area (Å²) in [5.41, 5.74) is 10.7. The van der Waals surface area contributed by atoms with Gasteiger partial charge in [0, 0.05) is 6.20 Å². The zero-order valence-corrected chi connectivity index (χ0v) is 10.4. The number of nitrogens with zero attached hydrogens (tertiary/aromatic N) is 2.